The lowest BCUT2D eigenvalue weighted by atomic mass is 10.1. The van der Waals surface area contributed by atoms with E-state index in [-0.39, 0.29) is 11.6 Å². The topological polar surface area (TPSA) is 64.3 Å². The predicted molar refractivity (Wildman–Crippen MR) is 52.9 cm³/mol. The van der Waals surface area contributed by atoms with Crippen molar-refractivity contribution in [3.05, 3.63) is 18.0 Å². The molecule has 1 atom stereocenters. The van der Waals surface area contributed by atoms with Crippen molar-refractivity contribution in [2.24, 2.45) is 0 Å². The van der Waals surface area contributed by atoms with Crippen LogP contribution < -0.4 is 0 Å². The molecule has 0 saturated carbocycles. The smallest absolute Gasteiger partial charge is 0.338 e. The fourth-order valence-electron chi connectivity index (χ4n) is 1.80. The zero-order valence-corrected chi connectivity index (χ0v) is 8.43. The molecule has 0 radical (unpaired) electrons. The van der Waals surface area contributed by atoms with Crippen LogP contribution in [-0.2, 0) is 4.74 Å². The van der Waals surface area contributed by atoms with E-state index in [2.05, 4.69) is 5.10 Å². The first-order valence-corrected chi connectivity index (χ1v) is 5.12. The molecule has 0 amide bonds. The van der Waals surface area contributed by atoms with Crippen molar-refractivity contribution in [3.8, 4) is 0 Å². The molecule has 0 bridgehead atoms. The van der Waals surface area contributed by atoms with Crippen molar-refractivity contribution < 1.29 is 14.6 Å². The predicted octanol–water partition coefficient (Wildman–Crippen LogP) is 1.32. The van der Waals surface area contributed by atoms with E-state index < -0.39 is 5.97 Å². The highest BCUT2D eigenvalue weighted by Gasteiger charge is 2.16. The molecule has 15 heavy (non-hydrogen) atoms. The average molecular weight is 210 g/mol. The van der Waals surface area contributed by atoms with Crippen molar-refractivity contribution in [1.82, 2.24) is 9.78 Å². The fourth-order valence-corrected chi connectivity index (χ4v) is 1.80. The maximum Gasteiger partial charge on any atom is 0.338 e. The van der Waals surface area contributed by atoms with Gasteiger partial charge in [0.1, 0.15) is 0 Å². The minimum Gasteiger partial charge on any atom is -0.478 e. The SMILES string of the molecule is O=C(O)c1cnn(C2CCCOCC2)c1. The van der Waals surface area contributed by atoms with Gasteiger partial charge in [0.15, 0.2) is 0 Å². The third-order valence-corrected chi connectivity index (χ3v) is 2.64. The normalized spacial score (nSPS) is 22.3. The molecule has 1 fully saturated rings. The Kier molecular flexibility index (Phi) is 3.01. The third-order valence-electron chi connectivity index (χ3n) is 2.64. The van der Waals surface area contributed by atoms with Crippen LogP contribution in [0.1, 0.15) is 35.7 Å². The van der Waals surface area contributed by atoms with Crippen molar-refractivity contribution in [2.45, 2.75) is 25.3 Å². The van der Waals surface area contributed by atoms with E-state index >= 15 is 0 Å². The number of hydrogen-bond acceptors (Lipinski definition) is 3. The van der Waals surface area contributed by atoms with Crippen LogP contribution in [0.2, 0.25) is 0 Å². The molecule has 1 unspecified atom stereocenters. The molecule has 0 aromatic carbocycles. The van der Waals surface area contributed by atoms with Gasteiger partial charge in [-0.15, -0.1) is 0 Å². The number of carboxylic acids is 1. The van der Waals surface area contributed by atoms with Gasteiger partial charge in [0, 0.05) is 19.4 Å². The Labute approximate surface area is 87.7 Å². The lowest BCUT2D eigenvalue weighted by molar-refractivity contribution is 0.0696. The van der Waals surface area contributed by atoms with E-state index in [9.17, 15) is 4.79 Å². The zero-order valence-electron chi connectivity index (χ0n) is 8.43. The highest BCUT2D eigenvalue weighted by molar-refractivity contribution is 5.86. The van der Waals surface area contributed by atoms with Crippen molar-refractivity contribution in [3.63, 3.8) is 0 Å². The number of rotatable bonds is 2. The molecule has 1 aromatic rings. The van der Waals surface area contributed by atoms with Crippen molar-refractivity contribution in [1.29, 1.82) is 0 Å². The molecule has 1 aliphatic rings. The summed E-state index contributed by atoms with van der Waals surface area (Å²) >= 11 is 0. The van der Waals surface area contributed by atoms with Gasteiger partial charge in [-0.2, -0.15) is 5.10 Å². The molecule has 1 saturated heterocycles. The van der Waals surface area contributed by atoms with Crippen LogP contribution in [-0.4, -0.2) is 34.1 Å². The van der Waals surface area contributed by atoms with E-state index in [1.54, 1.807) is 10.9 Å². The molecule has 2 rings (SSSR count). The lowest BCUT2D eigenvalue weighted by Crippen LogP contribution is -2.10. The number of aromatic carboxylic acids is 1. The quantitative estimate of drug-likeness (QED) is 0.799. The lowest BCUT2D eigenvalue weighted by Gasteiger charge is -2.13. The molecule has 0 spiro atoms. The molecular weight excluding hydrogens is 196 g/mol. The van der Waals surface area contributed by atoms with E-state index in [0.29, 0.717) is 0 Å². The van der Waals surface area contributed by atoms with Gasteiger partial charge < -0.3 is 9.84 Å². The van der Waals surface area contributed by atoms with Gasteiger partial charge in [-0.3, -0.25) is 4.68 Å². The summed E-state index contributed by atoms with van der Waals surface area (Å²) < 4.78 is 7.09. The van der Waals surface area contributed by atoms with Crippen LogP contribution >= 0.6 is 0 Å². The Hall–Kier alpha value is -1.36. The van der Waals surface area contributed by atoms with Crippen LogP contribution in [0.4, 0.5) is 0 Å². The Bertz CT molecular complexity index is 340. The largest absolute Gasteiger partial charge is 0.478 e. The second-order valence-electron chi connectivity index (χ2n) is 3.71. The fraction of sp³-hybridized carbons (Fsp3) is 0.600. The van der Waals surface area contributed by atoms with E-state index in [1.165, 1.54) is 6.20 Å². The second kappa shape index (κ2) is 4.44. The highest BCUT2D eigenvalue weighted by Crippen LogP contribution is 2.20. The number of hydrogen-bond donors (Lipinski definition) is 1. The molecule has 1 aromatic heterocycles. The van der Waals surface area contributed by atoms with Crippen LogP contribution in [0, 0.1) is 0 Å². The molecule has 1 N–H and O–H groups in total. The Morgan fingerprint density at radius 1 is 1.53 bits per heavy atom. The monoisotopic (exact) mass is 210 g/mol. The summed E-state index contributed by atoms with van der Waals surface area (Å²) in [7, 11) is 0. The number of carbonyl (C=O) groups is 1. The second-order valence-corrected chi connectivity index (χ2v) is 3.71. The standard InChI is InChI=1S/C10H14N2O3/c13-10(14)8-6-11-12(7-8)9-2-1-4-15-5-3-9/h6-7,9H,1-5H2,(H,13,14). The third kappa shape index (κ3) is 2.36. The molecular formula is C10H14N2O3. The number of aromatic nitrogens is 2. The van der Waals surface area contributed by atoms with Crippen molar-refractivity contribution in [2.75, 3.05) is 13.2 Å². The molecule has 2 heterocycles. The van der Waals surface area contributed by atoms with Gasteiger partial charge >= 0.3 is 5.97 Å². The van der Waals surface area contributed by atoms with Crippen LogP contribution in [0.25, 0.3) is 0 Å². The van der Waals surface area contributed by atoms with E-state index in [4.69, 9.17) is 9.84 Å². The Morgan fingerprint density at radius 3 is 3.13 bits per heavy atom. The first-order chi connectivity index (χ1) is 7.27. The molecule has 5 heteroatoms. The van der Waals surface area contributed by atoms with Gasteiger partial charge in [-0.05, 0) is 19.3 Å². The number of carboxylic acid groups (broad SMARTS) is 1. The molecule has 0 aliphatic carbocycles. The van der Waals surface area contributed by atoms with Gasteiger partial charge in [0.25, 0.3) is 0 Å². The van der Waals surface area contributed by atoms with E-state index in [1.807, 2.05) is 0 Å². The van der Waals surface area contributed by atoms with Gasteiger partial charge in [-0.25, -0.2) is 4.79 Å². The minimum absolute atomic E-state index is 0.250. The van der Waals surface area contributed by atoms with Crippen LogP contribution in [0.3, 0.4) is 0 Å². The zero-order chi connectivity index (χ0) is 10.7. The van der Waals surface area contributed by atoms with Crippen molar-refractivity contribution >= 4 is 5.97 Å². The van der Waals surface area contributed by atoms with Crippen LogP contribution in [0.5, 0.6) is 0 Å². The maximum atomic E-state index is 10.7. The van der Waals surface area contributed by atoms with Gasteiger partial charge in [0.2, 0.25) is 0 Å². The Morgan fingerprint density at radius 2 is 2.40 bits per heavy atom. The minimum atomic E-state index is -0.925. The Balaban J connectivity index is 2.10. The summed E-state index contributed by atoms with van der Waals surface area (Å²) in [5, 5.41) is 12.9. The highest BCUT2D eigenvalue weighted by atomic mass is 16.5. The first kappa shape index (κ1) is 10.2. The maximum absolute atomic E-state index is 10.7. The summed E-state index contributed by atoms with van der Waals surface area (Å²) in [5.41, 5.74) is 0.250. The van der Waals surface area contributed by atoms with Gasteiger partial charge in [-0.1, -0.05) is 0 Å². The summed E-state index contributed by atoms with van der Waals surface area (Å²) in [6.07, 6.45) is 5.90. The summed E-state index contributed by atoms with van der Waals surface area (Å²) in [6, 6.07) is 0.278. The average Bonchev–Trinajstić information content (AvgIpc) is 2.55. The van der Waals surface area contributed by atoms with Crippen LogP contribution in [0.15, 0.2) is 12.4 Å². The molecule has 82 valence electrons. The summed E-state index contributed by atoms with van der Waals surface area (Å²) in [4.78, 5) is 10.7. The first-order valence-electron chi connectivity index (χ1n) is 5.12. The molecule has 5 nitrogen and oxygen atoms in total. The summed E-state index contributed by atoms with van der Waals surface area (Å²) in [5.74, 6) is -0.925. The number of nitrogens with zero attached hydrogens (tertiary/aromatic N) is 2. The summed E-state index contributed by atoms with van der Waals surface area (Å²) in [6.45, 7) is 1.52. The molecule has 1 aliphatic heterocycles. The van der Waals surface area contributed by atoms with Gasteiger partial charge in [0.05, 0.1) is 17.8 Å². The van der Waals surface area contributed by atoms with E-state index in [0.717, 1.165) is 32.5 Å². The number of ether oxygens (including phenoxy) is 1.